The number of aromatic nitrogens is 1. The summed E-state index contributed by atoms with van der Waals surface area (Å²) in [4.78, 5) is 42.3. The maximum atomic E-state index is 14.1. The Morgan fingerprint density at radius 2 is 1.79 bits per heavy atom. The predicted octanol–water partition coefficient (Wildman–Crippen LogP) is 4.03. The van der Waals surface area contributed by atoms with Crippen molar-refractivity contribution in [2.75, 3.05) is 0 Å². The van der Waals surface area contributed by atoms with Gasteiger partial charge in [-0.3, -0.25) is 14.4 Å². The first-order chi connectivity index (χ1) is 18.7. The van der Waals surface area contributed by atoms with E-state index < -0.39 is 40.9 Å². The first kappa shape index (κ1) is 25.2. The molecule has 1 aromatic heterocycles. The highest BCUT2D eigenvalue weighted by Crippen LogP contribution is 2.49. The van der Waals surface area contributed by atoms with Crippen LogP contribution in [0.1, 0.15) is 51.7 Å². The molecule has 1 N–H and O–H groups in total. The number of hydrogen-bond donors (Lipinski definition) is 1. The van der Waals surface area contributed by atoms with Gasteiger partial charge in [0.1, 0.15) is 29.6 Å². The van der Waals surface area contributed by atoms with E-state index >= 15 is 0 Å². The minimum Gasteiger partial charge on any atom is -0.483 e. The molecule has 2 fully saturated rings. The zero-order valence-electron chi connectivity index (χ0n) is 21.1. The van der Waals surface area contributed by atoms with E-state index in [1.165, 1.54) is 6.20 Å². The first-order valence-corrected chi connectivity index (χ1v) is 12.9. The lowest BCUT2D eigenvalue weighted by atomic mass is 9.87. The molecule has 1 saturated heterocycles. The molecule has 2 aromatic carbocycles. The van der Waals surface area contributed by atoms with Gasteiger partial charge in [0.05, 0.1) is 6.04 Å². The van der Waals surface area contributed by atoms with Crippen LogP contribution in [0.15, 0.2) is 53.5 Å². The Morgan fingerprint density at radius 3 is 2.51 bits per heavy atom. The van der Waals surface area contributed by atoms with Gasteiger partial charge in [-0.05, 0) is 30.2 Å². The number of fused-ring (bicyclic) bond motifs is 6. The van der Waals surface area contributed by atoms with Crippen molar-refractivity contribution >= 4 is 11.8 Å². The van der Waals surface area contributed by atoms with E-state index in [0.717, 1.165) is 18.4 Å². The van der Waals surface area contributed by atoms with Crippen molar-refractivity contribution < 1.29 is 27.5 Å². The quantitative estimate of drug-likeness (QED) is 0.515. The molecule has 3 aliphatic rings. The predicted molar refractivity (Wildman–Crippen MR) is 135 cm³/mol. The van der Waals surface area contributed by atoms with Crippen molar-refractivity contribution in [1.29, 1.82) is 0 Å². The Labute approximate surface area is 222 Å². The molecule has 2 amide bonds. The van der Waals surface area contributed by atoms with Crippen molar-refractivity contribution in [3.8, 4) is 5.75 Å². The highest BCUT2D eigenvalue weighted by molar-refractivity contribution is 5.99. The third-order valence-corrected chi connectivity index (χ3v) is 8.22. The van der Waals surface area contributed by atoms with Gasteiger partial charge in [-0.25, -0.2) is 13.2 Å². The number of piperidine rings is 1. The summed E-state index contributed by atoms with van der Waals surface area (Å²) in [6.07, 6.45) is 3.14. The van der Waals surface area contributed by atoms with E-state index in [-0.39, 0.29) is 41.6 Å². The molecule has 0 radical (unpaired) electrons. The molecular formula is C29H26F3N3O4. The van der Waals surface area contributed by atoms with Crippen molar-refractivity contribution in [3.05, 3.63) is 98.7 Å². The molecule has 3 aromatic rings. The number of nitrogens with one attached hydrogen (secondary N) is 1. The summed E-state index contributed by atoms with van der Waals surface area (Å²) in [5.74, 6) is -4.03. The molecular weight excluding hydrogens is 511 g/mol. The number of pyridine rings is 1. The van der Waals surface area contributed by atoms with Crippen molar-refractivity contribution in [2.45, 2.75) is 51.5 Å². The fourth-order valence-corrected chi connectivity index (χ4v) is 6.38. The number of carbonyl (C=O) groups excluding carboxylic acids is 2. The smallest absolute Gasteiger partial charge is 0.275 e. The Balaban J connectivity index is 1.36. The normalized spacial score (nSPS) is 23.0. The molecule has 1 aliphatic carbocycles. The largest absolute Gasteiger partial charge is 0.483 e. The molecule has 2 bridgehead atoms. The SMILES string of the molecule is C[C@@H]1C[C@H]2C[C@@H]1[C@@H]1Cn3cc(C(=O)NCc4c(F)cc(F)cc4F)c(=O)c(OCc4ccccc4)c3C(=O)N21. The number of amides is 2. The molecule has 4 atom stereocenters. The zero-order valence-corrected chi connectivity index (χ0v) is 21.1. The van der Waals surface area contributed by atoms with Crippen LogP contribution >= 0.6 is 0 Å². The van der Waals surface area contributed by atoms with E-state index in [9.17, 15) is 27.6 Å². The van der Waals surface area contributed by atoms with Gasteiger partial charge in [0.2, 0.25) is 5.43 Å². The van der Waals surface area contributed by atoms with Gasteiger partial charge >= 0.3 is 0 Å². The Bertz CT molecular complexity index is 1520. The standard InChI is InChI=1S/C29H26F3N3O4/c1-15-7-18-10-19(15)24-13-34-12-21(28(37)33-11-20-22(31)8-17(30)9-23(20)32)26(36)27(25(34)29(38)35(18)24)39-14-16-5-3-2-4-6-16/h2-6,8-9,12,15,18-19,24H,7,10-11,13-14H2,1H3,(H,33,37)/t15-,18+,19+,24+/m1/s1. The van der Waals surface area contributed by atoms with Crippen LogP contribution in [0, 0.1) is 29.3 Å². The van der Waals surface area contributed by atoms with Crippen molar-refractivity contribution in [1.82, 2.24) is 14.8 Å². The zero-order chi connectivity index (χ0) is 27.4. The summed E-state index contributed by atoms with van der Waals surface area (Å²) in [6.45, 7) is 1.97. The Hall–Kier alpha value is -4.08. The van der Waals surface area contributed by atoms with Crippen LogP contribution in [0.2, 0.25) is 0 Å². The van der Waals surface area contributed by atoms with Gasteiger partial charge in [-0.2, -0.15) is 0 Å². The van der Waals surface area contributed by atoms with Crippen LogP contribution in [0.4, 0.5) is 13.2 Å². The second-order valence-corrected chi connectivity index (χ2v) is 10.6. The minimum atomic E-state index is -1.15. The molecule has 39 heavy (non-hydrogen) atoms. The van der Waals surface area contributed by atoms with Crippen LogP contribution in [0.25, 0.3) is 0 Å². The summed E-state index contributed by atoms with van der Waals surface area (Å²) in [5.41, 5.74) is -0.783. The lowest BCUT2D eigenvalue weighted by Gasteiger charge is -2.42. The summed E-state index contributed by atoms with van der Waals surface area (Å²) in [7, 11) is 0. The fourth-order valence-electron chi connectivity index (χ4n) is 6.38. The molecule has 2 aliphatic heterocycles. The van der Waals surface area contributed by atoms with E-state index in [1.807, 2.05) is 35.2 Å². The second-order valence-electron chi connectivity index (χ2n) is 10.6. The van der Waals surface area contributed by atoms with E-state index in [1.54, 1.807) is 4.57 Å². The summed E-state index contributed by atoms with van der Waals surface area (Å²) < 4.78 is 49.0. The summed E-state index contributed by atoms with van der Waals surface area (Å²) in [5, 5.41) is 2.35. The molecule has 6 rings (SSSR count). The van der Waals surface area contributed by atoms with Gasteiger partial charge in [0, 0.05) is 43.0 Å². The van der Waals surface area contributed by atoms with Crippen LogP contribution in [0.5, 0.6) is 5.75 Å². The van der Waals surface area contributed by atoms with Crippen LogP contribution in [0.3, 0.4) is 0 Å². The monoisotopic (exact) mass is 537 g/mol. The van der Waals surface area contributed by atoms with E-state index in [0.29, 0.717) is 30.5 Å². The number of benzene rings is 2. The van der Waals surface area contributed by atoms with Gasteiger partial charge in [0.25, 0.3) is 11.8 Å². The van der Waals surface area contributed by atoms with E-state index in [2.05, 4.69) is 12.2 Å². The lowest BCUT2D eigenvalue weighted by molar-refractivity contribution is 0.0413. The Kier molecular flexibility index (Phi) is 6.20. The average molecular weight is 538 g/mol. The molecule has 0 unspecified atom stereocenters. The fraction of sp³-hybridized carbons (Fsp3) is 0.345. The number of hydrogen-bond acceptors (Lipinski definition) is 4. The van der Waals surface area contributed by atoms with Gasteiger partial charge in [-0.15, -0.1) is 0 Å². The second kappa shape index (κ2) is 9.59. The summed E-state index contributed by atoms with van der Waals surface area (Å²) >= 11 is 0. The van der Waals surface area contributed by atoms with Crippen LogP contribution < -0.4 is 15.5 Å². The van der Waals surface area contributed by atoms with Gasteiger partial charge in [-0.1, -0.05) is 37.3 Å². The highest BCUT2D eigenvalue weighted by atomic mass is 19.1. The van der Waals surface area contributed by atoms with E-state index in [4.69, 9.17) is 4.74 Å². The number of carbonyl (C=O) groups is 2. The third-order valence-electron chi connectivity index (χ3n) is 8.22. The van der Waals surface area contributed by atoms with Crippen LogP contribution in [-0.4, -0.2) is 33.4 Å². The molecule has 0 spiro atoms. The molecule has 10 heteroatoms. The van der Waals surface area contributed by atoms with Crippen molar-refractivity contribution in [3.63, 3.8) is 0 Å². The van der Waals surface area contributed by atoms with Crippen molar-refractivity contribution in [2.24, 2.45) is 11.8 Å². The van der Waals surface area contributed by atoms with Gasteiger partial charge in [0.15, 0.2) is 11.4 Å². The maximum Gasteiger partial charge on any atom is 0.275 e. The molecule has 7 nitrogen and oxygen atoms in total. The number of nitrogens with zero attached hydrogens (tertiary/aromatic N) is 2. The summed E-state index contributed by atoms with van der Waals surface area (Å²) in [6, 6.07) is 10.2. The highest BCUT2D eigenvalue weighted by Gasteiger charge is 2.54. The van der Waals surface area contributed by atoms with Gasteiger partial charge < -0.3 is 19.5 Å². The third kappa shape index (κ3) is 4.27. The topological polar surface area (TPSA) is 80.6 Å². The molecule has 1 saturated carbocycles. The molecule has 202 valence electrons. The first-order valence-electron chi connectivity index (χ1n) is 12.9. The minimum absolute atomic E-state index is 0.0000491. The number of ether oxygens (including phenoxy) is 1. The maximum absolute atomic E-state index is 14.1. The average Bonchev–Trinajstić information content (AvgIpc) is 3.45. The number of halogens is 3. The molecule has 3 heterocycles. The Morgan fingerprint density at radius 1 is 1.08 bits per heavy atom. The van der Waals surface area contributed by atoms with Crippen LogP contribution in [-0.2, 0) is 19.7 Å². The lowest BCUT2D eigenvalue weighted by Crippen LogP contribution is -2.53. The number of rotatable bonds is 6.